The van der Waals surface area contributed by atoms with Gasteiger partial charge >= 0.3 is 5.69 Å². The lowest BCUT2D eigenvalue weighted by molar-refractivity contribution is 0.0676. The highest BCUT2D eigenvalue weighted by atomic mass is 32.2. The van der Waals surface area contributed by atoms with Crippen molar-refractivity contribution in [3.8, 4) is 11.3 Å². The van der Waals surface area contributed by atoms with Gasteiger partial charge in [0.15, 0.2) is 0 Å². The Labute approximate surface area is 234 Å². The van der Waals surface area contributed by atoms with Crippen LogP contribution in [0.15, 0.2) is 58.4 Å². The van der Waals surface area contributed by atoms with Gasteiger partial charge in [0.2, 0.25) is 0 Å². The second-order valence-electron chi connectivity index (χ2n) is 10.6. The lowest BCUT2D eigenvalue weighted by Gasteiger charge is -2.35. The van der Waals surface area contributed by atoms with Crippen molar-refractivity contribution >= 4 is 28.7 Å². The second-order valence-corrected chi connectivity index (χ2v) is 11.8. The summed E-state index contributed by atoms with van der Waals surface area (Å²) in [6.07, 6.45) is 6.62. The highest BCUT2D eigenvalue weighted by Crippen LogP contribution is 2.32. The predicted molar refractivity (Wildman–Crippen MR) is 153 cm³/mol. The first-order valence-corrected chi connectivity index (χ1v) is 14.9. The first kappa shape index (κ1) is 26.5. The summed E-state index contributed by atoms with van der Waals surface area (Å²) in [5.74, 6) is 1.12. The smallest absolute Gasteiger partial charge is 0.333 e. The van der Waals surface area contributed by atoms with E-state index in [4.69, 9.17) is 0 Å². The molecule has 1 aromatic carbocycles. The van der Waals surface area contributed by atoms with Gasteiger partial charge < -0.3 is 4.90 Å². The molecule has 1 amide bonds. The minimum atomic E-state index is -0.599. The largest absolute Gasteiger partial charge is 0.339 e. The van der Waals surface area contributed by atoms with Crippen molar-refractivity contribution in [2.75, 3.05) is 18.6 Å². The van der Waals surface area contributed by atoms with Crippen LogP contribution in [0.5, 0.6) is 0 Å². The fourth-order valence-electron chi connectivity index (χ4n) is 6.13. The predicted octanol–water partition coefficient (Wildman–Crippen LogP) is 4.41. The number of halogens is 1. The highest BCUT2D eigenvalue weighted by molar-refractivity contribution is 7.99. The number of aromatic amines is 1. The standard InChI is InChI=1S/C29H31FN6O3S/c1-34(27(37)24-17-32-33-25(24)18-5-3-2-4-6-18)20-7-9-21(10-8-20)36-28(38)23-15-19(30)16-31-26(23)35(29(36)39)22-11-13-40-14-12-22/h2-6,15-17,20-22H,7-14H2,1H3,(H,32,33). The van der Waals surface area contributed by atoms with Crippen LogP contribution in [0, 0.1) is 5.82 Å². The molecule has 3 aromatic heterocycles. The Morgan fingerprint density at radius 2 is 1.70 bits per heavy atom. The maximum Gasteiger partial charge on any atom is 0.333 e. The molecule has 0 bridgehead atoms. The minimum Gasteiger partial charge on any atom is -0.339 e. The minimum absolute atomic E-state index is 0.0462. The van der Waals surface area contributed by atoms with Crippen LogP contribution in [-0.4, -0.2) is 59.7 Å². The van der Waals surface area contributed by atoms with E-state index >= 15 is 0 Å². The Hall–Kier alpha value is -3.73. The molecule has 1 aliphatic heterocycles. The van der Waals surface area contributed by atoms with Crippen molar-refractivity contribution in [1.29, 1.82) is 0 Å². The Balaban J connectivity index is 1.26. The number of hydrogen-bond donors (Lipinski definition) is 1. The summed E-state index contributed by atoms with van der Waals surface area (Å²) in [6, 6.07) is 10.3. The van der Waals surface area contributed by atoms with Crippen LogP contribution in [-0.2, 0) is 0 Å². The van der Waals surface area contributed by atoms with Crippen molar-refractivity contribution < 1.29 is 9.18 Å². The molecule has 2 fully saturated rings. The number of amides is 1. The highest BCUT2D eigenvalue weighted by Gasteiger charge is 2.32. The van der Waals surface area contributed by atoms with Gasteiger partial charge in [-0.3, -0.25) is 23.8 Å². The zero-order valence-corrected chi connectivity index (χ0v) is 23.1. The van der Waals surface area contributed by atoms with Crippen molar-refractivity contribution in [1.82, 2.24) is 29.2 Å². The number of rotatable bonds is 5. The summed E-state index contributed by atoms with van der Waals surface area (Å²) >= 11 is 1.84. The molecule has 11 heteroatoms. The molecule has 1 N–H and O–H groups in total. The third-order valence-corrected chi connectivity index (χ3v) is 9.36. The quantitative estimate of drug-likeness (QED) is 0.386. The second kappa shape index (κ2) is 11.0. The van der Waals surface area contributed by atoms with Crippen LogP contribution in [0.1, 0.15) is 61.0 Å². The van der Waals surface area contributed by atoms with E-state index in [9.17, 15) is 18.8 Å². The molecular weight excluding hydrogens is 531 g/mol. The van der Waals surface area contributed by atoms with Gasteiger partial charge in [0, 0.05) is 30.7 Å². The summed E-state index contributed by atoms with van der Waals surface area (Å²) in [4.78, 5) is 46.8. The molecule has 0 spiro atoms. The van der Waals surface area contributed by atoms with E-state index < -0.39 is 11.4 Å². The van der Waals surface area contributed by atoms with Gasteiger partial charge in [0.25, 0.3) is 11.5 Å². The zero-order valence-electron chi connectivity index (χ0n) is 22.3. The molecule has 40 heavy (non-hydrogen) atoms. The Morgan fingerprint density at radius 3 is 2.42 bits per heavy atom. The van der Waals surface area contributed by atoms with Crippen molar-refractivity contribution in [3.63, 3.8) is 0 Å². The average molecular weight is 563 g/mol. The summed E-state index contributed by atoms with van der Waals surface area (Å²) in [6.45, 7) is 0. The number of nitrogens with zero attached hydrogens (tertiary/aromatic N) is 5. The molecule has 0 atom stereocenters. The average Bonchev–Trinajstić information content (AvgIpc) is 3.48. The summed E-state index contributed by atoms with van der Waals surface area (Å²) < 4.78 is 17.1. The van der Waals surface area contributed by atoms with Crippen LogP contribution >= 0.6 is 11.8 Å². The van der Waals surface area contributed by atoms with Crippen molar-refractivity contribution in [2.24, 2.45) is 0 Å². The van der Waals surface area contributed by atoms with Gasteiger partial charge in [-0.2, -0.15) is 16.9 Å². The summed E-state index contributed by atoms with van der Waals surface area (Å²) in [5, 5.41) is 7.20. The third-order valence-electron chi connectivity index (χ3n) is 8.31. The van der Waals surface area contributed by atoms with Crippen LogP contribution < -0.4 is 11.2 Å². The van der Waals surface area contributed by atoms with Gasteiger partial charge in [-0.25, -0.2) is 14.2 Å². The number of carbonyl (C=O) groups excluding carboxylic acids is 1. The molecular formula is C29H31FN6O3S. The lowest BCUT2D eigenvalue weighted by Crippen LogP contribution is -2.47. The first-order valence-electron chi connectivity index (χ1n) is 13.7. The number of aromatic nitrogens is 5. The number of pyridine rings is 1. The first-order chi connectivity index (χ1) is 19.4. The van der Waals surface area contributed by atoms with Crippen molar-refractivity contribution in [3.05, 3.63) is 81.0 Å². The summed E-state index contributed by atoms with van der Waals surface area (Å²) in [5.41, 5.74) is 1.47. The Kier molecular flexibility index (Phi) is 7.31. The van der Waals surface area contributed by atoms with E-state index in [-0.39, 0.29) is 40.8 Å². The number of thioether (sulfide) groups is 1. The fourth-order valence-corrected chi connectivity index (χ4v) is 7.21. The molecule has 208 valence electrons. The van der Waals surface area contributed by atoms with Gasteiger partial charge in [-0.1, -0.05) is 30.3 Å². The van der Waals surface area contributed by atoms with Gasteiger partial charge in [-0.15, -0.1) is 0 Å². The monoisotopic (exact) mass is 562 g/mol. The van der Waals surface area contributed by atoms with Crippen LogP contribution in [0.25, 0.3) is 22.3 Å². The molecule has 4 heterocycles. The van der Waals surface area contributed by atoms with E-state index in [0.29, 0.717) is 36.9 Å². The molecule has 9 nitrogen and oxygen atoms in total. The fraction of sp³-hybridized carbons (Fsp3) is 0.414. The molecule has 0 radical (unpaired) electrons. The molecule has 1 saturated heterocycles. The zero-order chi connectivity index (χ0) is 27.8. The maximum absolute atomic E-state index is 14.2. The van der Waals surface area contributed by atoms with E-state index in [1.807, 2.05) is 42.1 Å². The lowest BCUT2D eigenvalue weighted by atomic mass is 9.89. The van der Waals surface area contributed by atoms with E-state index in [2.05, 4.69) is 15.2 Å². The van der Waals surface area contributed by atoms with Gasteiger partial charge in [0.05, 0.1) is 29.0 Å². The Bertz CT molecular complexity index is 1650. The molecule has 0 unspecified atom stereocenters. The van der Waals surface area contributed by atoms with Crippen molar-refractivity contribution in [2.45, 2.75) is 56.7 Å². The molecule has 1 aliphatic carbocycles. The maximum atomic E-state index is 14.2. The van der Waals surface area contributed by atoms with E-state index in [1.54, 1.807) is 22.7 Å². The number of fused-ring (bicyclic) bond motifs is 1. The van der Waals surface area contributed by atoms with E-state index in [1.165, 1.54) is 10.6 Å². The molecule has 6 rings (SSSR count). The van der Waals surface area contributed by atoms with Gasteiger partial charge in [-0.05, 0) is 56.1 Å². The SMILES string of the molecule is CN(C(=O)c1cn[nH]c1-c1ccccc1)C1CCC(n2c(=O)c3cc(F)cnc3n(C3CCSCC3)c2=O)CC1. The van der Waals surface area contributed by atoms with Gasteiger partial charge in [0.1, 0.15) is 11.5 Å². The molecule has 4 aromatic rings. The van der Waals surface area contributed by atoms with Crippen LogP contribution in [0.4, 0.5) is 4.39 Å². The molecule has 2 aliphatic rings. The normalized spacial score (nSPS) is 20.1. The molecule has 1 saturated carbocycles. The van der Waals surface area contributed by atoms with Crippen LogP contribution in [0.2, 0.25) is 0 Å². The number of carbonyl (C=O) groups is 1. The third kappa shape index (κ3) is 4.76. The number of H-pyrrole nitrogens is 1. The number of benzene rings is 1. The van der Waals surface area contributed by atoms with Crippen LogP contribution in [0.3, 0.4) is 0 Å². The Morgan fingerprint density at radius 1 is 1.00 bits per heavy atom. The number of nitrogens with one attached hydrogen (secondary N) is 1. The summed E-state index contributed by atoms with van der Waals surface area (Å²) in [7, 11) is 1.79. The topological polar surface area (TPSA) is 106 Å². The number of hydrogen-bond acceptors (Lipinski definition) is 6. The van der Waals surface area contributed by atoms with E-state index in [0.717, 1.165) is 36.1 Å².